The number of rotatable bonds is 6. The van der Waals surface area contributed by atoms with Gasteiger partial charge in [-0.25, -0.2) is 0 Å². The van der Waals surface area contributed by atoms with E-state index < -0.39 is 6.36 Å². The van der Waals surface area contributed by atoms with Gasteiger partial charge >= 0.3 is 6.36 Å². The smallest absolute Gasteiger partial charge is 0.406 e. The molecule has 108 valence electrons. The second kappa shape index (κ2) is 6.77. The van der Waals surface area contributed by atoms with E-state index in [1.165, 1.54) is 12.1 Å². The topological polar surface area (TPSA) is 44.5 Å². The van der Waals surface area contributed by atoms with E-state index in [4.69, 9.17) is 10.5 Å². The Kier molecular flexibility index (Phi) is 5.62. The van der Waals surface area contributed by atoms with Gasteiger partial charge in [0.1, 0.15) is 5.75 Å². The van der Waals surface area contributed by atoms with Crippen LogP contribution in [0.15, 0.2) is 18.2 Å². The molecule has 0 unspecified atom stereocenters. The van der Waals surface area contributed by atoms with Crippen LogP contribution in [0.3, 0.4) is 0 Å². The highest BCUT2D eigenvalue weighted by atomic mass is 19.4. The van der Waals surface area contributed by atoms with Crippen molar-refractivity contribution in [3.63, 3.8) is 0 Å². The molecular formula is C13H18F3NO2. The maximum Gasteiger partial charge on any atom is 0.573 e. The molecule has 0 heterocycles. The maximum atomic E-state index is 12.2. The van der Waals surface area contributed by atoms with E-state index in [1.54, 1.807) is 0 Å². The average molecular weight is 277 g/mol. The lowest BCUT2D eigenvalue weighted by Gasteiger charge is -2.14. The zero-order valence-corrected chi connectivity index (χ0v) is 11.0. The van der Waals surface area contributed by atoms with Gasteiger partial charge in [0.2, 0.25) is 0 Å². The Bertz CT molecular complexity index is 405. The standard InChI is InChI=1S/C13H18F3NO2/c1-9(2)11-5-10(8-18-4-3-17)6-12(7-11)19-13(14,15)16/h5-7,9H,3-4,8,17H2,1-2H3. The van der Waals surface area contributed by atoms with Crippen LogP contribution in [-0.2, 0) is 11.3 Å². The molecule has 1 aromatic carbocycles. The highest BCUT2D eigenvalue weighted by molar-refractivity contribution is 5.36. The van der Waals surface area contributed by atoms with Crippen LogP contribution in [-0.4, -0.2) is 19.5 Å². The van der Waals surface area contributed by atoms with E-state index >= 15 is 0 Å². The fraction of sp³-hybridized carbons (Fsp3) is 0.538. The van der Waals surface area contributed by atoms with Crippen molar-refractivity contribution in [1.82, 2.24) is 0 Å². The fourth-order valence-corrected chi connectivity index (χ4v) is 1.57. The van der Waals surface area contributed by atoms with Crippen LogP contribution in [0.4, 0.5) is 13.2 Å². The largest absolute Gasteiger partial charge is 0.573 e. The van der Waals surface area contributed by atoms with Gasteiger partial charge in [-0.05, 0) is 29.2 Å². The van der Waals surface area contributed by atoms with Gasteiger partial charge in [-0.1, -0.05) is 19.9 Å². The molecule has 0 aromatic heterocycles. The fourth-order valence-electron chi connectivity index (χ4n) is 1.57. The molecule has 0 radical (unpaired) electrons. The zero-order valence-electron chi connectivity index (χ0n) is 11.0. The van der Waals surface area contributed by atoms with Gasteiger partial charge in [0.05, 0.1) is 13.2 Å². The number of halogens is 3. The summed E-state index contributed by atoms with van der Waals surface area (Å²) in [5, 5.41) is 0. The monoisotopic (exact) mass is 277 g/mol. The number of benzene rings is 1. The van der Waals surface area contributed by atoms with Crippen molar-refractivity contribution < 1.29 is 22.6 Å². The third-order valence-corrected chi connectivity index (χ3v) is 2.42. The van der Waals surface area contributed by atoms with Gasteiger partial charge in [-0.2, -0.15) is 0 Å². The molecule has 1 aromatic rings. The second-order valence-corrected chi connectivity index (χ2v) is 4.45. The van der Waals surface area contributed by atoms with Crippen LogP contribution >= 0.6 is 0 Å². The van der Waals surface area contributed by atoms with Crippen LogP contribution in [0, 0.1) is 0 Å². The van der Waals surface area contributed by atoms with E-state index in [1.807, 2.05) is 19.9 Å². The highest BCUT2D eigenvalue weighted by Crippen LogP contribution is 2.28. The molecule has 6 heteroatoms. The first kappa shape index (κ1) is 15.8. The zero-order chi connectivity index (χ0) is 14.5. The minimum Gasteiger partial charge on any atom is -0.406 e. The number of hydrogen-bond acceptors (Lipinski definition) is 3. The molecule has 0 bridgehead atoms. The van der Waals surface area contributed by atoms with Crippen molar-refractivity contribution >= 4 is 0 Å². The van der Waals surface area contributed by atoms with Gasteiger partial charge in [-0.3, -0.25) is 0 Å². The summed E-state index contributed by atoms with van der Waals surface area (Å²) in [6.45, 7) is 4.75. The molecule has 3 nitrogen and oxygen atoms in total. The van der Waals surface area contributed by atoms with Gasteiger partial charge in [0, 0.05) is 6.54 Å². The lowest BCUT2D eigenvalue weighted by Crippen LogP contribution is -2.17. The lowest BCUT2D eigenvalue weighted by molar-refractivity contribution is -0.274. The Morgan fingerprint density at radius 3 is 2.42 bits per heavy atom. The summed E-state index contributed by atoms with van der Waals surface area (Å²) in [6.07, 6.45) is -4.69. The first-order valence-electron chi connectivity index (χ1n) is 5.99. The number of ether oxygens (including phenoxy) is 2. The van der Waals surface area contributed by atoms with Crippen molar-refractivity contribution in [2.45, 2.75) is 32.7 Å². The first-order valence-corrected chi connectivity index (χ1v) is 5.99. The molecule has 2 N–H and O–H groups in total. The Hall–Kier alpha value is -1.27. The van der Waals surface area contributed by atoms with Crippen molar-refractivity contribution in [2.24, 2.45) is 5.73 Å². The quantitative estimate of drug-likeness (QED) is 0.812. The van der Waals surface area contributed by atoms with Gasteiger partial charge in [0.15, 0.2) is 0 Å². The summed E-state index contributed by atoms with van der Waals surface area (Å²) < 4.78 is 45.9. The third-order valence-electron chi connectivity index (χ3n) is 2.42. The Balaban J connectivity index is 2.90. The van der Waals surface area contributed by atoms with Crippen LogP contribution in [0.25, 0.3) is 0 Å². The van der Waals surface area contributed by atoms with E-state index in [0.29, 0.717) is 18.7 Å². The van der Waals surface area contributed by atoms with Gasteiger partial charge in [0.25, 0.3) is 0 Å². The SMILES string of the molecule is CC(C)c1cc(COCCN)cc(OC(F)(F)F)c1. The molecule has 0 aliphatic rings. The molecule has 0 spiro atoms. The van der Waals surface area contributed by atoms with Crippen LogP contribution < -0.4 is 10.5 Å². The van der Waals surface area contributed by atoms with Crippen molar-refractivity contribution in [2.75, 3.05) is 13.2 Å². The third kappa shape index (κ3) is 5.94. The number of alkyl halides is 3. The number of nitrogens with two attached hydrogens (primary N) is 1. The molecule has 19 heavy (non-hydrogen) atoms. The first-order chi connectivity index (χ1) is 8.81. The lowest BCUT2D eigenvalue weighted by atomic mass is 10.0. The van der Waals surface area contributed by atoms with Crippen molar-refractivity contribution in [3.8, 4) is 5.75 Å². The van der Waals surface area contributed by atoms with Crippen molar-refractivity contribution in [3.05, 3.63) is 29.3 Å². The van der Waals surface area contributed by atoms with Gasteiger partial charge in [-0.15, -0.1) is 13.2 Å². The minimum absolute atomic E-state index is 0.102. The summed E-state index contributed by atoms with van der Waals surface area (Å²) in [4.78, 5) is 0. The highest BCUT2D eigenvalue weighted by Gasteiger charge is 2.31. The Labute approximate surface area is 110 Å². The minimum atomic E-state index is -4.69. The summed E-state index contributed by atoms with van der Waals surface area (Å²) in [6, 6.07) is 4.53. The Morgan fingerprint density at radius 2 is 1.89 bits per heavy atom. The normalized spacial score (nSPS) is 11.9. The predicted octanol–water partition coefficient (Wildman–Crippen LogP) is 3.18. The van der Waals surface area contributed by atoms with Crippen LogP contribution in [0.1, 0.15) is 30.9 Å². The van der Waals surface area contributed by atoms with E-state index in [0.717, 1.165) is 5.56 Å². The molecular weight excluding hydrogens is 259 g/mol. The van der Waals surface area contributed by atoms with Crippen molar-refractivity contribution in [1.29, 1.82) is 0 Å². The Morgan fingerprint density at radius 1 is 1.21 bits per heavy atom. The molecule has 0 aliphatic heterocycles. The molecule has 0 aliphatic carbocycles. The molecule has 1 rings (SSSR count). The molecule has 0 amide bonds. The van der Waals surface area contributed by atoms with Crippen LogP contribution in [0.5, 0.6) is 5.75 Å². The molecule has 0 atom stereocenters. The predicted molar refractivity (Wildman–Crippen MR) is 65.9 cm³/mol. The summed E-state index contributed by atoms with van der Waals surface area (Å²) in [5.41, 5.74) is 6.69. The van der Waals surface area contributed by atoms with E-state index in [-0.39, 0.29) is 18.3 Å². The van der Waals surface area contributed by atoms with Crippen LogP contribution in [0.2, 0.25) is 0 Å². The molecule has 0 saturated carbocycles. The van der Waals surface area contributed by atoms with E-state index in [9.17, 15) is 13.2 Å². The molecule has 0 saturated heterocycles. The number of hydrogen-bond donors (Lipinski definition) is 1. The summed E-state index contributed by atoms with van der Waals surface area (Å²) in [5.74, 6) is -0.116. The van der Waals surface area contributed by atoms with E-state index in [2.05, 4.69) is 4.74 Å². The average Bonchev–Trinajstić information content (AvgIpc) is 2.26. The maximum absolute atomic E-state index is 12.2. The van der Waals surface area contributed by atoms with Gasteiger partial charge < -0.3 is 15.2 Å². The second-order valence-electron chi connectivity index (χ2n) is 4.45. The summed E-state index contributed by atoms with van der Waals surface area (Å²) in [7, 11) is 0. The summed E-state index contributed by atoms with van der Waals surface area (Å²) >= 11 is 0. The molecule has 0 fully saturated rings.